The molecule has 2 amide bonds. The van der Waals surface area contributed by atoms with E-state index in [4.69, 9.17) is 14.6 Å². The number of hydrogen-bond acceptors (Lipinski definition) is 6. The molecule has 0 radical (unpaired) electrons. The Bertz CT molecular complexity index is 1150. The fraction of sp³-hybridized carbons (Fsp3) is 0.542. The molecule has 3 aromatic rings. The van der Waals surface area contributed by atoms with Crippen molar-refractivity contribution in [2.24, 2.45) is 0 Å². The highest BCUT2D eigenvalue weighted by Gasteiger charge is 2.23. The molecule has 0 bridgehead atoms. The summed E-state index contributed by atoms with van der Waals surface area (Å²) < 4.78 is 27.9. The molecule has 35 heavy (non-hydrogen) atoms. The number of amides is 2. The van der Waals surface area contributed by atoms with Gasteiger partial charge in [-0.15, -0.1) is 0 Å². The highest BCUT2D eigenvalue weighted by molar-refractivity contribution is 5.93. The molecule has 190 valence electrons. The molecule has 1 saturated heterocycles. The third-order valence-electron chi connectivity index (χ3n) is 6.01. The second-order valence-corrected chi connectivity index (χ2v) is 9.03. The first-order valence-electron chi connectivity index (χ1n) is 12.1. The lowest BCUT2D eigenvalue weighted by atomic mass is 10.2. The van der Waals surface area contributed by atoms with Gasteiger partial charge in [-0.2, -0.15) is 5.10 Å². The number of H-pyrrole nitrogens is 1. The zero-order valence-electron chi connectivity index (χ0n) is 20.8. The highest BCUT2D eigenvalue weighted by atomic mass is 19.1. The molecule has 10 nitrogen and oxygen atoms in total. The van der Waals surface area contributed by atoms with Crippen LogP contribution >= 0.6 is 0 Å². The van der Waals surface area contributed by atoms with Crippen LogP contribution in [0.15, 0.2) is 18.3 Å². The van der Waals surface area contributed by atoms with E-state index in [1.165, 1.54) is 6.07 Å². The number of aromatic amines is 1. The van der Waals surface area contributed by atoms with Gasteiger partial charge in [0.2, 0.25) is 0 Å². The third-order valence-corrected chi connectivity index (χ3v) is 6.01. The molecule has 1 unspecified atom stereocenters. The predicted molar refractivity (Wildman–Crippen MR) is 132 cm³/mol. The number of carbonyl (C=O) groups is 1. The molecule has 1 aliphatic rings. The van der Waals surface area contributed by atoms with Crippen LogP contribution in [0.5, 0.6) is 5.75 Å². The summed E-state index contributed by atoms with van der Waals surface area (Å²) in [7, 11) is 5.68. The first-order valence-corrected chi connectivity index (χ1v) is 12.1. The van der Waals surface area contributed by atoms with Crippen LogP contribution in [0.25, 0.3) is 22.6 Å². The summed E-state index contributed by atoms with van der Waals surface area (Å²) in [6, 6.07) is 2.70. The van der Waals surface area contributed by atoms with E-state index < -0.39 is 5.82 Å². The van der Waals surface area contributed by atoms with E-state index in [9.17, 15) is 9.18 Å². The van der Waals surface area contributed by atoms with Crippen molar-refractivity contribution in [1.29, 1.82) is 0 Å². The molecular weight excluding hydrogens is 453 g/mol. The molecule has 1 fully saturated rings. The van der Waals surface area contributed by atoms with Gasteiger partial charge in [-0.3, -0.25) is 0 Å². The van der Waals surface area contributed by atoms with Crippen LogP contribution in [-0.4, -0.2) is 83.0 Å². The Balaban J connectivity index is 1.63. The smallest absolute Gasteiger partial charge is 0.321 e. The first-order chi connectivity index (χ1) is 16.9. The minimum atomic E-state index is -0.461. The van der Waals surface area contributed by atoms with Crippen LogP contribution in [0.4, 0.5) is 14.9 Å². The van der Waals surface area contributed by atoms with E-state index in [0.29, 0.717) is 48.0 Å². The average molecular weight is 488 g/mol. The summed E-state index contributed by atoms with van der Waals surface area (Å²) in [4.78, 5) is 24.0. The number of rotatable bonds is 9. The Morgan fingerprint density at radius 1 is 1.34 bits per heavy atom. The zero-order chi connectivity index (χ0) is 24.9. The third kappa shape index (κ3) is 5.91. The Morgan fingerprint density at radius 3 is 2.89 bits per heavy atom. The maximum atomic E-state index is 14.7. The lowest BCUT2D eigenvalue weighted by Gasteiger charge is -2.22. The second kappa shape index (κ2) is 11.0. The van der Waals surface area contributed by atoms with Crippen LogP contribution in [0.3, 0.4) is 0 Å². The number of ether oxygens (including phenoxy) is 2. The number of carbonyl (C=O) groups excluding carboxylic acids is 1. The van der Waals surface area contributed by atoms with Gasteiger partial charge in [-0.05, 0) is 46.7 Å². The van der Waals surface area contributed by atoms with E-state index >= 15 is 0 Å². The molecule has 1 atom stereocenters. The first kappa shape index (κ1) is 24.9. The molecule has 2 aromatic heterocycles. The van der Waals surface area contributed by atoms with E-state index in [-0.39, 0.29) is 18.0 Å². The van der Waals surface area contributed by atoms with Gasteiger partial charge in [-0.25, -0.2) is 18.9 Å². The summed E-state index contributed by atoms with van der Waals surface area (Å²) in [5, 5.41) is 7.61. The Kier molecular flexibility index (Phi) is 7.86. The number of halogens is 1. The standard InChI is InChI=1S/C24H34FN7O3/c1-5-31(4)24(33)28-19-15-32(21-9-6-7-11-35-21)29-22(19)23-26-17-13-16(25)20(14-18(17)27-23)34-12-8-10-30(2)3/h13-15,21H,5-12H2,1-4H3,(H,26,27)(H,28,33). The summed E-state index contributed by atoms with van der Waals surface area (Å²) in [5.41, 5.74) is 2.03. The minimum Gasteiger partial charge on any atom is -0.490 e. The van der Waals surface area contributed by atoms with Crippen molar-refractivity contribution < 1.29 is 18.7 Å². The normalized spacial score (nSPS) is 16.1. The summed E-state index contributed by atoms with van der Waals surface area (Å²) in [6.45, 7) is 4.38. The molecule has 0 aliphatic carbocycles. The predicted octanol–water partition coefficient (Wildman–Crippen LogP) is 4.08. The van der Waals surface area contributed by atoms with E-state index in [2.05, 4.69) is 20.2 Å². The van der Waals surface area contributed by atoms with Crippen molar-refractivity contribution in [2.75, 3.05) is 52.8 Å². The number of fused-ring (bicyclic) bond motifs is 1. The molecular formula is C24H34FN7O3. The molecule has 0 spiro atoms. The summed E-state index contributed by atoms with van der Waals surface area (Å²) >= 11 is 0. The Labute approximate surface area is 204 Å². The van der Waals surface area contributed by atoms with Crippen LogP contribution in [-0.2, 0) is 4.74 Å². The zero-order valence-corrected chi connectivity index (χ0v) is 20.8. The molecule has 1 aliphatic heterocycles. The maximum Gasteiger partial charge on any atom is 0.321 e. The van der Waals surface area contributed by atoms with E-state index in [1.807, 2.05) is 21.0 Å². The van der Waals surface area contributed by atoms with Crippen LogP contribution in [0.1, 0.15) is 38.8 Å². The topological polar surface area (TPSA) is 101 Å². The minimum absolute atomic E-state index is 0.161. The van der Waals surface area contributed by atoms with Crippen LogP contribution < -0.4 is 10.1 Å². The number of anilines is 1. The highest BCUT2D eigenvalue weighted by Crippen LogP contribution is 2.32. The van der Waals surface area contributed by atoms with Gasteiger partial charge in [0, 0.05) is 38.9 Å². The number of nitrogens with one attached hydrogen (secondary N) is 2. The fourth-order valence-corrected chi connectivity index (χ4v) is 3.89. The van der Waals surface area contributed by atoms with Gasteiger partial charge in [0.15, 0.2) is 23.1 Å². The number of imidazole rings is 1. The summed E-state index contributed by atoms with van der Waals surface area (Å²) in [6.07, 6.45) is 5.24. The van der Waals surface area contributed by atoms with E-state index in [1.54, 1.807) is 28.9 Å². The monoisotopic (exact) mass is 487 g/mol. The molecule has 1 aromatic carbocycles. The fourth-order valence-electron chi connectivity index (χ4n) is 3.89. The van der Waals surface area contributed by atoms with Crippen LogP contribution in [0.2, 0.25) is 0 Å². The largest absolute Gasteiger partial charge is 0.490 e. The number of aromatic nitrogens is 4. The second-order valence-electron chi connectivity index (χ2n) is 9.03. The van der Waals surface area contributed by atoms with Gasteiger partial charge >= 0.3 is 6.03 Å². The van der Waals surface area contributed by atoms with Crippen molar-refractivity contribution in [3.63, 3.8) is 0 Å². The molecule has 3 heterocycles. The molecule has 11 heteroatoms. The Hall–Kier alpha value is -3.18. The van der Waals surface area contributed by atoms with E-state index in [0.717, 1.165) is 32.2 Å². The van der Waals surface area contributed by atoms with Crippen molar-refractivity contribution >= 4 is 22.8 Å². The van der Waals surface area contributed by atoms with Crippen molar-refractivity contribution in [2.45, 2.75) is 38.8 Å². The van der Waals surface area contributed by atoms with Crippen LogP contribution in [0, 0.1) is 5.82 Å². The van der Waals surface area contributed by atoms with Gasteiger partial charge < -0.3 is 29.6 Å². The molecule has 2 N–H and O–H groups in total. The van der Waals surface area contributed by atoms with Crippen molar-refractivity contribution in [3.8, 4) is 17.3 Å². The number of urea groups is 1. The Morgan fingerprint density at radius 2 is 2.17 bits per heavy atom. The number of hydrogen-bond donors (Lipinski definition) is 2. The van der Waals surface area contributed by atoms with Gasteiger partial charge in [0.25, 0.3) is 0 Å². The maximum absolute atomic E-state index is 14.7. The molecule has 4 rings (SSSR count). The quantitative estimate of drug-likeness (QED) is 0.441. The van der Waals surface area contributed by atoms with Crippen molar-refractivity contribution in [3.05, 3.63) is 24.1 Å². The van der Waals surface area contributed by atoms with Gasteiger partial charge in [-0.1, -0.05) is 0 Å². The molecule has 0 saturated carbocycles. The van der Waals surface area contributed by atoms with Crippen molar-refractivity contribution in [1.82, 2.24) is 29.5 Å². The average Bonchev–Trinajstić information content (AvgIpc) is 3.45. The van der Waals surface area contributed by atoms with Gasteiger partial charge in [0.1, 0.15) is 6.23 Å². The lowest BCUT2D eigenvalue weighted by Crippen LogP contribution is -2.31. The number of benzene rings is 1. The number of nitrogens with zero attached hydrogens (tertiary/aromatic N) is 5. The SMILES string of the molecule is CCN(C)C(=O)Nc1cn(C2CCCCO2)nc1-c1nc2cc(OCCCN(C)C)c(F)cc2[nH]1. The van der Waals surface area contributed by atoms with Gasteiger partial charge in [0.05, 0.1) is 29.5 Å². The summed E-state index contributed by atoms with van der Waals surface area (Å²) in [5.74, 6) is 0.124. The lowest BCUT2D eigenvalue weighted by molar-refractivity contribution is -0.0393.